The molecule has 0 unspecified atom stereocenters. The molecule has 0 saturated heterocycles. The number of carbonyl (C=O) groups is 1. The van der Waals surface area contributed by atoms with Crippen molar-refractivity contribution in [1.29, 1.82) is 0 Å². The predicted octanol–water partition coefficient (Wildman–Crippen LogP) is 1.77. The Kier molecular flexibility index (Phi) is 4.33. The quantitative estimate of drug-likeness (QED) is 0.343. The molecule has 112 valence electrons. The number of hydrogen-bond acceptors (Lipinski definition) is 6. The molecule has 3 N–H and O–H groups in total. The fourth-order valence-corrected chi connectivity index (χ4v) is 1.67. The number of aromatic hydroxyl groups is 2. The van der Waals surface area contributed by atoms with Crippen molar-refractivity contribution in [2.24, 2.45) is 5.10 Å². The van der Waals surface area contributed by atoms with E-state index in [2.05, 4.69) is 10.5 Å². The fourth-order valence-electron chi connectivity index (χ4n) is 1.67. The number of amides is 1. The van der Waals surface area contributed by atoms with Crippen molar-refractivity contribution in [2.45, 2.75) is 0 Å². The molecule has 0 saturated carbocycles. The van der Waals surface area contributed by atoms with Gasteiger partial charge in [-0.05, 0) is 29.8 Å². The van der Waals surface area contributed by atoms with Gasteiger partial charge in [0.2, 0.25) is 0 Å². The van der Waals surface area contributed by atoms with Crippen molar-refractivity contribution in [2.75, 3.05) is 0 Å². The molecule has 0 aliphatic carbocycles. The standard InChI is InChI=1S/C14H11N3O5/c18-12-6-5-9(7-13(12)19)8-15-16-14(20)10-3-1-2-4-11(10)17(21)22/h1-8,18-19H,(H,16,20)/b15-8-. The zero-order chi connectivity index (χ0) is 16.1. The third-order valence-corrected chi connectivity index (χ3v) is 2.72. The van der Waals surface area contributed by atoms with Gasteiger partial charge in [0.1, 0.15) is 5.56 Å². The van der Waals surface area contributed by atoms with Gasteiger partial charge in [-0.3, -0.25) is 14.9 Å². The Bertz CT molecular complexity index is 758. The van der Waals surface area contributed by atoms with Gasteiger partial charge in [0.05, 0.1) is 11.1 Å². The second-order valence-electron chi connectivity index (χ2n) is 4.22. The summed E-state index contributed by atoms with van der Waals surface area (Å²) in [5.74, 6) is -1.33. The summed E-state index contributed by atoms with van der Waals surface area (Å²) < 4.78 is 0. The largest absolute Gasteiger partial charge is 0.504 e. The van der Waals surface area contributed by atoms with Crippen LogP contribution in [0.1, 0.15) is 15.9 Å². The van der Waals surface area contributed by atoms with Gasteiger partial charge in [-0.2, -0.15) is 5.10 Å². The predicted molar refractivity (Wildman–Crippen MR) is 77.9 cm³/mol. The molecule has 8 nitrogen and oxygen atoms in total. The lowest BCUT2D eigenvalue weighted by Crippen LogP contribution is -2.18. The van der Waals surface area contributed by atoms with E-state index in [0.717, 1.165) is 0 Å². The lowest BCUT2D eigenvalue weighted by molar-refractivity contribution is -0.385. The second-order valence-corrected chi connectivity index (χ2v) is 4.22. The highest BCUT2D eigenvalue weighted by Crippen LogP contribution is 2.24. The highest BCUT2D eigenvalue weighted by Gasteiger charge is 2.18. The van der Waals surface area contributed by atoms with E-state index in [1.54, 1.807) is 0 Å². The number of nitro benzene ring substituents is 1. The maximum Gasteiger partial charge on any atom is 0.282 e. The Morgan fingerprint density at radius 3 is 2.59 bits per heavy atom. The van der Waals surface area contributed by atoms with Crippen LogP contribution >= 0.6 is 0 Å². The average Bonchev–Trinajstić information content (AvgIpc) is 2.50. The van der Waals surface area contributed by atoms with Gasteiger partial charge in [0, 0.05) is 6.07 Å². The summed E-state index contributed by atoms with van der Waals surface area (Å²) >= 11 is 0. The first kappa shape index (κ1) is 15.0. The first-order chi connectivity index (χ1) is 10.5. The van der Waals surface area contributed by atoms with Crippen molar-refractivity contribution < 1.29 is 19.9 Å². The number of para-hydroxylation sites is 1. The molecule has 0 radical (unpaired) electrons. The average molecular weight is 301 g/mol. The van der Waals surface area contributed by atoms with Crippen molar-refractivity contribution >= 4 is 17.8 Å². The molecule has 22 heavy (non-hydrogen) atoms. The number of phenols is 2. The van der Waals surface area contributed by atoms with E-state index in [9.17, 15) is 20.0 Å². The zero-order valence-electron chi connectivity index (χ0n) is 11.1. The minimum atomic E-state index is -0.730. The molecule has 0 atom stereocenters. The van der Waals surface area contributed by atoms with Crippen LogP contribution in [0.4, 0.5) is 5.69 Å². The maximum absolute atomic E-state index is 11.9. The molecular formula is C14H11N3O5. The summed E-state index contributed by atoms with van der Waals surface area (Å²) in [5, 5.41) is 32.9. The Balaban J connectivity index is 2.11. The molecule has 0 aliphatic heterocycles. The number of phenolic OH excluding ortho intramolecular Hbond substituents is 2. The van der Waals surface area contributed by atoms with Gasteiger partial charge in [-0.15, -0.1) is 0 Å². The Labute approximate surface area is 124 Å². The molecule has 2 aromatic carbocycles. The highest BCUT2D eigenvalue weighted by atomic mass is 16.6. The topological polar surface area (TPSA) is 125 Å². The van der Waals surface area contributed by atoms with Crippen molar-refractivity contribution in [3.63, 3.8) is 0 Å². The number of carbonyl (C=O) groups excluding carboxylic acids is 1. The third-order valence-electron chi connectivity index (χ3n) is 2.72. The van der Waals surface area contributed by atoms with Gasteiger partial charge in [0.25, 0.3) is 11.6 Å². The van der Waals surface area contributed by atoms with Crippen LogP contribution < -0.4 is 5.43 Å². The highest BCUT2D eigenvalue weighted by molar-refractivity contribution is 5.98. The van der Waals surface area contributed by atoms with Crippen molar-refractivity contribution in [1.82, 2.24) is 5.43 Å². The molecule has 0 bridgehead atoms. The van der Waals surface area contributed by atoms with Crippen LogP contribution in [0.3, 0.4) is 0 Å². The molecule has 0 aromatic heterocycles. The summed E-state index contributed by atoms with van der Waals surface area (Å²) in [4.78, 5) is 22.0. The van der Waals surface area contributed by atoms with E-state index in [1.807, 2.05) is 0 Å². The normalized spacial score (nSPS) is 10.5. The molecule has 0 aliphatic rings. The van der Waals surface area contributed by atoms with Crippen LogP contribution in [0.5, 0.6) is 11.5 Å². The monoisotopic (exact) mass is 301 g/mol. The molecular weight excluding hydrogens is 290 g/mol. The van der Waals surface area contributed by atoms with Gasteiger partial charge >= 0.3 is 0 Å². The van der Waals surface area contributed by atoms with Crippen LogP contribution in [0, 0.1) is 10.1 Å². The zero-order valence-corrected chi connectivity index (χ0v) is 11.1. The third kappa shape index (κ3) is 3.37. The number of benzene rings is 2. The van der Waals surface area contributed by atoms with Gasteiger partial charge in [-0.1, -0.05) is 12.1 Å². The van der Waals surface area contributed by atoms with Gasteiger partial charge in [-0.25, -0.2) is 5.43 Å². The Morgan fingerprint density at radius 1 is 1.18 bits per heavy atom. The lowest BCUT2D eigenvalue weighted by atomic mass is 10.2. The summed E-state index contributed by atoms with van der Waals surface area (Å²) in [5.41, 5.74) is 2.15. The lowest BCUT2D eigenvalue weighted by Gasteiger charge is -2.01. The first-order valence-electron chi connectivity index (χ1n) is 6.08. The number of rotatable bonds is 4. The molecule has 8 heteroatoms. The van der Waals surface area contributed by atoms with Crippen LogP contribution in [-0.2, 0) is 0 Å². The molecule has 2 aromatic rings. The van der Waals surface area contributed by atoms with Crippen molar-refractivity contribution in [3.8, 4) is 11.5 Å². The van der Waals surface area contributed by atoms with Gasteiger partial charge in [0.15, 0.2) is 11.5 Å². The number of nitrogens with one attached hydrogen (secondary N) is 1. The summed E-state index contributed by atoms with van der Waals surface area (Å²) in [6.45, 7) is 0. The number of hydrazone groups is 1. The van der Waals surface area contributed by atoms with Crippen molar-refractivity contribution in [3.05, 3.63) is 63.7 Å². The van der Waals surface area contributed by atoms with E-state index in [0.29, 0.717) is 5.56 Å². The first-order valence-corrected chi connectivity index (χ1v) is 6.08. The minimum absolute atomic E-state index is 0.113. The summed E-state index contributed by atoms with van der Waals surface area (Å²) in [6.07, 6.45) is 1.23. The Hall–Kier alpha value is -3.42. The smallest absolute Gasteiger partial charge is 0.282 e. The molecule has 2 rings (SSSR count). The van der Waals surface area contributed by atoms with E-state index in [-0.39, 0.29) is 22.7 Å². The summed E-state index contributed by atoms with van der Waals surface area (Å²) in [6, 6.07) is 9.47. The Morgan fingerprint density at radius 2 is 1.91 bits per heavy atom. The second kappa shape index (κ2) is 6.35. The van der Waals surface area contributed by atoms with Crippen LogP contribution in [0.2, 0.25) is 0 Å². The van der Waals surface area contributed by atoms with E-state index in [4.69, 9.17) is 5.11 Å². The van der Waals surface area contributed by atoms with E-state index < -0.39 is 10.8 Å². The van der Waals surface area contributed by atoms with Gasteiger partial charge < -0.3 is 10.2 Å². The van der Waals surface area contributed by atoms with Crippen LogP contribution in [-0.4, -0.2) is 27.3 Å². The van der Waals surface area contributed by atoms with Crippen LogP contribution in [0.15, 0.2) is 47.6 Å². The van der Waals surface area contributed by atoms with E-state index >= 15 is 0 Å². The molecule has 1 amide bonds. The van der Waals surface area contributed by atoms with Crippen LogP contribution in [0.25, 0.3) is 0 Å². The molecule has 0 spiro atoms. The fraction of sp³-hybridized carbons (Fsp3) is 0. The number of nitrogens with zero attached hydrogens (tertiary/aromatic N) is 2. The molecule has 0 heterocycles. The minimum Gasteiger partial charge on any atom is -0.504 e. The SMILES string of the molecule is O=C(N/N=C\c1ccc(O)c(O)c1)c1ccccc1[N+](=O)[O-]. The maximum atomic E-state index is 11.9. The molecule has 0 fully saturated rings. The summed E-state index contributed by atoms with van der Waals surface area (Å²) in [7, 11) is 0. The number of nitro groups is 1. The number of hydrogen-bond donors (Lipinski definition) is 3. The van der Waals surface area contributed by atoms with E-state index in [1.165, 1.54) is 48.7 Å².